The zero-order chi connectivity index (χ0) is 25.6. The fourth-order valence-electron chi connectivity index (χ4n) is 4.55. The molecular formula is C29H31N7O. The Morgan fingerprint density at radius 1 is 1.03 bits per heavy atom. The highest BCUT2D eigenvalue weighted by Gasteiger charge is 2.21. The second kappa shape index (κ2) is 11.1. The number of para-hydroxylation sites is 1. The molecule has 0 spiro atoms. The van der Waals surface area contributed by atoms with Gasteiger partial charge in [-0.15, -0.1) is 0 Å². The van der Waals surface area contributed by atoms with Crippen LogP contribution in [0.15, 0.2) is 88.8 Å². The van der Waals surface area contributed by atoms with Crippen LogP contribution in [0.25, 0.3) is 11.3 Å². The largest absolute Gasteiger partial charge is 0.383 e. The Hall–Kier alpha value is -4.46. The van der Waals surface area contributed by atoms with Crippen molar-refractivity contribution < 1.29 is 0 Å². The van der Waals surface area contributed by atoms with Gasteiger partial charge in [-0.1, -0.05) is 61.4 Å². The van der Waals surface area contributed by atoms with Gasteiger partial charge in [-0.3, -0.25) is 19.3 Å². The average Bonchev–Trinajstić information content (AvgIpc) is 3.45. The number of benzene rings is 2. The zero-order valence-electron chi connectivity index (χ0n) is 20.9. The molecule has 2 aromatic carbocycles. The fourth-order valence-corrected chi connectivity index (χ4v) is 4.55. The molecule has 0 amide bonds. The molecule has 188 valence electrons. The number of nitrogens with two attached hydrogens (primary N) is 1. The summed E-state index contributed by atoms with van der Waals surface area (Å²) in [4.78, 5) is 27.3. The zero-order valence-corrected chi connectivity index (χ0v) is 20.9. The summed E-state index contributed by atoms with van der Waals surface area (Å²) in [6.45, 7) is 0.363. The van der Waals surface area contributed by atoms with E-state index >= 15 is 0 Å². The van der Waals surface area contributed by atoms with Crippen molar-refractivity contribution in [3.05, 3.63) is 100 Å². The van der Waals surface area contributed by atoms with E-state index in [1.807, 2.05) is 72.8 Å². The third-order valence-corrected chi connectivity index (χ3v) is 6.61. The number of pyridine rings is 1. The molecule has 2 heterocycles. The first-order valence-electron chi connectivity index (χ1n) is 12.6. The first-order valence-corrected chi connectivity index (χ1v) is 12.6. The van der Waals surface area contributed by atoms with Gasteiger partial charge in [0.25, 0.3) is 5.56 Å². The Labute approximate surface area is 216 Å². The first kappa shape index (κ1) is 24.2. The molecule has 4 aromatic rings. The van der Waals surface area contributed by atoms with E-state index in [0.717, 1.165) is 35.3 Å². The number of nitrogen functional groups attached to an aromatic ring is 1. The van der Waals surface area contributed by atoms with E-state index in [9.17, 15) is 4.79 Å². The topological polar surface area (TPSA) is 110 Å². The quantitative estimate of drug-likeness (QED) is 0.251. The van der Waals surface area contributed by atoms with Crippen LogP contribution in [0, 0.1) is 0 Å². The van der Waals surface area contributed by atoms with E-state index < -0.39 is 0 Å². The fraction of sp³-hybridized carbons (Fsp3) is 0.241. The smallest absolute Gasteiger partial charge is 0.267 e. The van der Waals surface area contributed by atoms with E-state index in [2.05, 4.69) is 20.6 Å². The Morgan fingerprint density at radius 2 is 1.76 bits per heavy atom. The van der Waals surface area contributed by atoms with Gasteiger partial charge >= 0.3 is 0 Å². The van der Waals surface area contributed by atoms with E-state index in [1.165, 1.54) is 17.4 Å². The van der Waals surface area contributed by atoms with E-state index in [0.29, 0.717) is 24.4 Å². The first-order chi connectivity index (χ1) is 18.1. The molecule has 0 radical (unpaired) electrons. The molecule has 1 aliphatic carbocycles. The summed E-state index contributed by atoms with van der Waals surface area (Å²) in [5.74, 6) is 1.02. The van der Waals surface area contributed by atoms with Gasteiger partial charge in [0.2, 0.25) is 5.95 Å². The Kier molecular flexibility index (Phi) is 7.26. The maximum absolute atomic E-state index is 13.5. The maximum atomic E-state index is 13.5. The van der Waals surface area contributed by atoms with Crippen LogP contribution in [0.4, 0.5) is 17.5 Å². The SMILES string of the molecule is Cn1c(NC2CCCC2)nc(N)c(C(=NCc2ccc(-c3ccccn3)cc2)Nc2ccccc2)c1=O. The lowest BCUT2D eigenvalue weighted by Crippen LogP contribution is -2.34. The van der Waals surface area contributed by atoms with Crippen molar-refractivity contribution in [2.45, 2.75) is 38.3 Å². The number of nitrogens with one attached hydrogen (secondary N) is 2. The summed E-state index contributed by atoms with van der Waals surface area (Å²) in [6.07, 6.45) is 6.28. The van der Waals surface area contributed by atoms with Crippen LogP contribution in [0.3, 0.4) is 0 Å². The maximum Gasteiger partial charge on any atom is 0.267 e. The minimum atomic E-state index is -0.249. The number of nitrogens with zero attached hydrogens (tertiary/aromatic N) is 4. The highest BCUT2D eigenvalue weighted by Crippen LogP contribution is 2.22. The number of amidine groups is 1. The van der Waals surface area contributed by atoms with Gasteiger partial charge in [-0.2, -0.15) is 4.98 Å². The molecule has 1 fully saturated rings. The summed E-state index contributed by atoms with van der Waals surface area (Å²) in [6, 6.07) is 23.8. The second-order valence-electron chi connectivity index (χ2n) is 9.25. The molecule has 8 heteroatoms. The summed E-state index contributed by atoms with van der Waals surface area (Å²) >= 11 is 0. The van der Waals surface area contributed by atoms with Gasteiger partial charge < -0.3 is 16.4 Å². The van der Waals surface area contributed by atoms with Crippen molar-refractivity contribution in [2.75, 3.05) is 16.4 Å². The van der Waals surface area contributed by atoms with E-state index in [1.54, 1.807) is 13.2 Å². The lowest BCUT2D eigenvalue weighted by Gasteiger charge is -2.18. The third-order valence-electron chi connectivity index (χ3n) is 6.61. The number of aromatic nitrogens is 3. The summed E-state index contributed by atoms with van der Waals surface area (Å²) in [7, 11) is 1.71. The van der Waals surface area contributed by atoms with Crippen molar-refractivity contribution >= 4 is 23.3 Å². The molecule has 0 bridgehead atoms. The molecule has 8 nitrogen and oxygen atoms in total. The predicted octanol–water partition coefficient (Wildman–Crippen LogP) is 4.84. The Bertz CT molecular complexity index is 1430. The second-order valence-corrected chi connectivity index (χ2v) is 9.25. The van der Waals surface area contributed by atoms with Crippen molar-refractivity contribution in [1.82, 2.24) is 14.5 Å². The number of anilines is 3. The lowest BCUT2D eigenvalue weighted by atomic mass is 10.1. The molecule has 1 aliphatic rings. The van der Waals surface area contributed by atoms with E-state index in [-0.39, 0.29) is 16.9 Å². The summed E-state index contributed by atoms with van der Waals surface area (Å²) in [5.41, 5.74) is 10.1. The normalized spacial score (nSPS) is 14.0. The standard InChI is InChI=1S/C29H31N7O/c1-36-28(37)25(26(30)35-29(36)34-23-11-5-6-12-23)27(33-22-9-3-2-4-10-22)32-19-20-14-16-21(17-15-20)24-13-7-8-18-31-24/h2-4,7-10,13-18,23H,5-6,11-12,19,30H2,1H3,(H,32,33)(H,34,35). The summed E-state index contributed by atoms with van der Waals surface area (Å²) < 4.78 is 1.52. The highest BCUT2D eigenvalue weighted by molar-refractivity contribution is 6.10. The number of rotatable bonds is 7. The van der Waals surface area contributed by atoms with Crippen molar-refractivity contribution in [2.24, 2.45) is 12.0 Å². The monoisotopic (exact) mass is 493 g/mol. The van der Waals surface area contributed by atoms with Crippen LogP contribution >= 0.6 is 0 Å². The molecule has 0 unspecified atom stereocenters. The van der Waals surface area contributed by atoms with Crippen molar-refractivity contribution in [3.8, 4) is 11.3 Å². The van der Waals surface area contributed by atoms with Crippen LogP contribution in [0.1, 0.15) is 36.8 Å². The van der Waals surface area contributed by atoms with Crippen LogP contribution < -0.4 is 21.9 Å². The van der Waals surface area contributed by atoms with Gasteiger partial charge in [0.05, 0.1) is 12.2 Å². The van der Waals surface area contributed by atoms with Crippen LogP contribution in [0.2, 0.25) is 0 Å². The molecule has 0 saturated heterocycles. The van der Waals surface area contributed by atoms with Crippen LogP contribution in [0.5, 0.6) is 0 Å². The van der Waals surface area contributed by atoms with Crippen molar-refractivity contribution in [1.29, 1.82) is 0 Å². The molecule has 1 saturated carbocycles. The van der Waals surface area contributed by atoms with Crippen molar-refractivity contribution in [3.63, 3.8) is 0 Å². The molecule has 0 aliphatic heterocycles. The van der Waals surface area contributed by atoms with Gasteiger partial charge in [0.15, 0.2) is 0 Å². The van der Waals surface area contributed by atoms with Gasteiger partial charge in [-0.05, 0) is 42.7 Å². The average molecular weight is 494 g/mol. The predicted molar refractivity (Wildman–Crippen MR) is 150 cm³/mol. The molecular weight excluding hydrogens is 462 g/mol. The lowest BCUT2D eigenvalue weighted by molar-refractivity contribution is 0.717. The highest BCUT2D eigenvalue weighted by atomic mass is 16.1. The number of hydrogen-bond donors (Lipinski definition) is 3. The van der Waals surface area contributed by atoms with Crippen LogP contribution in [-0.2, 0) is 13.6 Å². The Morgan fingerprint density at radius 3 is 2.46 bits per heavy atom. The van der Waals surface area contributed by atoms with Gasteiger partial charge in [0.1, 0.15) is 17.2 Å². The summed E-state index contributed by atoms with van der Waals surface area (Å²) in [5, 5.41) is 6.68. The number of aliphatic imine (C=N–C) groups is 1. The van der Waals surface area contributed by atoms with Crippen LogP contribution in [-0.4, -0.2) is 26.4 Å². The molecule has 5 rings (SSSR count). The molecule has 37 heavy (non-hydrogen) atoms. The third kappa shape index (κ3) is 5.69. The molecule has 0 atom stereocenters. The minimum Gasteiger partial charge on any atom is -0.383 e. The minimum absolute atomic E-state index is 0.149. The molecule has 4 N–H and O–H groups in total. The number of hydrogen-bond acceptors (Lipinski definition) is 6. The molecule has 2 aromatic heterocycles. The van der Waals surface area contributed by atoms with Gasteiger partial charge in [0, 0.05) is 30.5 Å². The van der Waals surface area contributed by atoms with Gasteiger partial charge in [-0.25, -0.2) is 0 Å². The van der Waals surface area contributed by atoms with E-state index in [4.69, 9.17) is 10.7 Å². The Balaban J connectivity index is 1.46.